The fourth-order valence-corrected chi connectivity index (χ4v) is 4.89. The molecule has 5 heteroatoms. The summed E-state index contributed by atoms with van der Waals surface area (Å²) in [5.41, 5.74) is 2.36. The number of sulfonamides is 1. The predicted molar refractivity (Wildman–Crippen MR) is 115 cm³/mol. The van der Waals surface area contributed by atoms with Gasteiger partial charge in [-0.15, -0.1) is 0 Å². The van der Waals surface area contributed by atoms with Crippen LogP contribution >= 0.6 is 0 Å². The van der Waals surface area contributed by atoms with E-state index in [4.69, 9.17) is 0 Å². The summed E-state index contributed by atoms with van der Waals surface area (Å²) in [5, 5.41) is 0. The summed E-state index contributed by atoms with van der Waals surface area (Å²) in [5.74, 6) is 0. The first kappa shape index (κ1) is 20.8. The van der Waals surface area contributed by atoms with E-state index in [0.717, 1.165) is 25.2 Å². The summed E-state index contributed by atoms with van der Waals surface area (Å²) in [4.78, 5) is 1.81. The molecular weight excluding hydrogens is 368 g/mol. The van der Waals surface area contributed by atoms with Gasteiger partial charge in [-0.1, -0.05) is 69.3 Å². The van der Waals surface area contributed by atoms with Crippen LogP contribution in [0.3, 0.4) is 0 Å². The first-order chi connectivity index (χ1) is 13.3. The molecule has 4 nitrogen and oxygen atoms in total. The minimum Gasteiger partial charge on any atom is -0.329 e. The summed E-state index contributed by atoms with van der Waals surface area (Å²) in [6, 6.07) is 17.6. The van der Waals surface area contributed by atoms with Gasteiger partial charge in [-0.05, 0) is 34.8 Å². The predicted octanol–water partition coefficient (Wildman–Crippen LogP) is 2.59. The second-order valence-corrected chi connectivity index (χ2v) is 10.4. The number of benzene rings is 2. The van der Waals surface area contributed by atoms with Crippen LogP contribution in [-0.2, 0) is 15.4 Å². The lowest BCUT2D eigenvalue weighted by Crippen LogP contribution is -3.14. The Hall–Kier alpha value is -1.95. The lowest BCUT2D eigenvalue weighted by Gasteiger charge is -2.31. The first-order valence-corrected chi connectivity index (χ1v) is 11.4. The van der Waals surface area contributed by atoms with Gasteiger partial charge in [-0.25, -0.2) is 8.42 Å². The zero-order valence-corrected chi connectivity index (χ0v) is 17.9. The van der Waals surface area contributed by atoms with E-state index in [2.05, 4.69) is 45.1 Å². The van der Waals surface area contributed by atoms with Crippen LogP contribution in [0, 0.1) is 0 Å². The second kappa shape index (κ2) is 8.60. The quantitative estimate of drug-likeness (QED) is 0.840. The van der Waals surface area contributed by atoms with Crippen molar-refractivity contribution in [1.82, 2.24) is 4.31 Å². The van der Waals surface area contributed by atoms with Crippen LogP contribution in [0.25, 0.3) is 6.08 Å². The summed E-state index contributed by atoms with van der Waals surface area (Å²) in [7, 11) is -3.41. The summed E-state index contributed by atoms with van der Waals surface area (Å²) >= 11 is 0. The molecule has 1 N–H and O–H groups in total. The minimum absolute atomic E-state index is 0.0184. The highest BCUT2D eigenvalue weighted by Crippen LogP contribution is 2.24. The molecular formula is C23H31N2O2S+. The molecule has 2 aromatic carbocycles. The highest BCUT2D eigenvalue weighted by atomic mass is 32.2. The highest BCUT2D eigenvalue weighted by Gasteiger charge is 2.30. The summed E-state index contributed by atoms with van der Waals surface area (Å²) in [6.07, 6.45) is 4.31. The largest absolute Gasteiger partial charge is 0.329 e. The van der Waals surface area contributed by atoms with E-state index in [1.165, 1.54) is 10.5 Å². The van der Waals surface area contributed by atoms with Crippen LogP contribution in [0.4, 0.5) is 0 Å². The van der Waals surface area contributed by atoms with Gasteiger partial charge in [0.25, 0.3) is 0 Å². The summed E-state index contributed by atoms with van der Waals surface area (Å²) in [6.45, 7) is 10.1. The van der Waals surface area contributed by atoms with Crippen LogP contribution in [-0.4, -0.2) is 45.4 Å². The van der Waals surface area contributed by atoms with Crippen molar-refractivity contribution in [3.8, 4) is 0 Å². The number of nitrogens with zero attached hydrogens (tertiary/aromatic N) is 1. The third-order valence-electron chi connectivity index (χ3n) is 5.30. The van der Waals surface area contributed by atoms with Gasteiger partial charge in [0.2, 0.25) is 10.0 Å². The molecule has 1 heterocycles. The molecule has 1 aliphatic heterocycles. The lowest BCUT2D eigenvalue weighted by atomic mass is 9.87. The topological polar surface area (TPSA) is 41.8 Å². The van der Waals surface area contributed by atoms with Crippen molar-refractivity contribution in [1.29, 1.82) is 0 Å². The molecule has 0 atom stereocenters. The zero-order chi connectivity index (χ0) is 20.2. The highest BCUT2D eigenvalue weighted by molar-refractivity contribution is 7.89. The van der Waals surface area contributed by atoms with Gasteiger partial charge in [-0.3, -0.25) is 0 Å². The van der Waals surface area contributed by atoms with Crippen LogP contribution in [0.1, 0.15) is 31.9 Å². The number of quaternary nitrogens is 1. The molecule has 0 spiro atoms. The first-order valence-electron chi connectivity index (χ1n) is 9.93. The molecule has 1 saturated heterocycles. The molecule has 2 aromatic rings. The maximum atomic E-state index is 13.0. The van der Waals surface area contributed by atoms with E-state index < -0.39 is 10.0 Å². The van der Waals surface area contributed by atoms with Gasteiger partial charge in [0, 0.05) is 0 Å². The number of hydrogen-bond acceptors (Lipinski definition) is 2. The molecule has 0 radical (unpaired) electrons. The van der Waals surface area contributed by atoms with Crippen LogP contribution < -0.4 is 4.90 Å². The zero-order valence-electron chi connectivity index (χ0n) is 17.1. The summed E-state index contributed by atoms with van der Waals surface area (Å²) < 4.78 is 27.5. The lowest BCUT2D eigenvalue weighted by molar-refractivity contribution is -0.897. The van der Waals surface area contributed by atoms with Gasteiger partial charge in [0.15, 0.2) is 0 Å². The molecule has 0 amide bonds. The van der Waals surface area contributed by atoms with Crippen molar-refractivity contribution < 1.29 is 13.3 Å². The fourth-order valence-electron chi connectivity index (χ4n) is 3.45. The Bertz CT molecular complexity index is 890. The average molecular weight is 400 g/mol. The average Bonchev–Trinajstić information content (AvgIpc) is 2.69. The van der Waals surface area contributed by atoms with Gasteiger partial charge in [-0.2, -0.15) is 4.31 Å². The van der Waals surface area contributed by atoms with Crippen molar-refractivity contribution in [3.05, 3.63) is 71.8 Å². The van der Waals surface area contributed by atoms with E-state index in [-0.39, 0.29) is 5.41 Å². The fraction of sp³-hybridized carbons (Fsp3) is 0.391. The third kappa shape index (κ3) is 5.10. The normalized spacial score (nSPS) is 17.2. The van der Waals surface area contributed by atoms with Gasteiger partial charge in [0.05, 0.1) is 37.6 Å². The van der Waals surface area contributed by atoms with Gasteiger partial charge < -0.3 is 4.90 Å². The van der Waals surface area contributed by atoms with Gasteiger partial charge >= 0.3 is 0 Å². The van der Waals surface area contributed by atoms with Crippen molar-refractivity contribution in [3.63, 3.8) is 0 Å². The monoisotopic (exact) mass is 399 g/mol. The van der Waals surface area contributed by atoms with Crippen molar-refractivity contribution in [2.75, 3.05) is 32.7 Å². The Labute approximate surface area is 169 Å². The number of piperazine rings is 1. The number of nitrogens with one attached hydrogen (secondary N) is 1. The van der Waals surface area contributed by atoms with E-state index >= 15 is 0 Å². The maximum absolute atomic E-state index is 13.0. The molecule has 0 aliphatic carbocycles. The van der Waals surface area contributed by atoms with Crippen molar-refractivity contribution >= 4 is 16.1 Å². The van der Waals surface area contributed by atoms with Crippen molar-refractivity contribution in [2.24, 2.45) is 0 Å². The van der Waals surface area contributed by atoms with Crippen molar-refractivity contribution in [2.45, 2.75) is 31.1 Å². The third-order valence-corrected chi connectivity index (χ3v) is 7.22. The minimum atomic E-state index is -3.41. The Balaban J connectivity index is 1.57. The van der Waals surface area contributed by atoms with E-state index in [9.17, 15) is 8.42 Å². The second-order valence-electron chi connectivity index (χ2n) is 8.45. The molecule has 0 saturated carbocycles. The number of hydrogen-bond donors (Lipinski definition) is 1. The Morgan fingerprint density at radius 3 is 2.14 bits per heavy atom. The van der Waals surface area contributed by atoms with E-state index in [1.807, 2.05) is 30.3 Å². The molecule has 1 fully saturated rings. The molecule has 28 heavy (non-hydrogen) atoms. The van der Waals surface area contributed by atoms with Crippen LogP contribution in [0.5, 0.6) is 0 Å². The molecule has 3 rings (SSSR count). The Morgan fingerprint density at radius 1 is 0.964 bits per heavy atom. The van der Waals surface area contributed by atoms with Crippen LogP contribution in [0.15, 0.2) is 65.6 Å². The maximum Gasteiger partial charge on any atom is 0.243 e. The standard InChI is InChI=1S/C23H30N2O2S/c1-23(2,3)21-11-13-22(14-12-21)28(26,27)25-18-16-24(17-19-25)15-7-10-20-8-5-4-6-9-20/h4-14H,15-19H2,1-3H3/p+1. The smallest absolute Gasteiger partial charge is 0.243 e. The number of rotatable bonds is 5. The molecule has 150 valence electrons. The van der Waals surface area contributed by atoms with E-state index in [0.29, 0.717) is 18.0 Å². The SMILES string of the molecule is CC(C)(C)c1ccc(S(=O)(=O)N2CC[NH+](CC=Cc3ccccc3)CC2)cc1. The molecule has 0 aromatic heterocycles. The Kier molecular flexibility index (Phi) is 6.38. The molecule has 1 aliphatic rings. The molecule has 0 unspecified atom stereocenters. The van der Waals surface area contributed by atoms with Crippen LogP contribution in [0.2, 0.25) is 0 Å². The molecule has 0 bridgehead atoms. The van der Waals surface area contributed by atoms with Gasteiger partial charge in [0.1, 0.15) is 0 Å². The van der Waals surface area contributed by atoms with E-state index in [1.54, 1.807) is 16.4 Å². The Morgan fingerprint density at radius 2 is 1.57 bits per heavy atom.